The average molecular weight is 194 g/mol. The van der Waals surface area contributed by atoms with E-state index in [9.17, 15) is 0 Å². The van der Waals surface area contributed by atoms with Crippen LogP contribution < -0.4 is 16.2 Å². The van der Waals surface area contributed by atoms with Crippen molar-refractivity contribution in [1.82, 2.24) is 0 Å². The van der Waals surface area contributed by atoms with E-state index in [1.165, 1.54) is 0 Å². The summed E-state index contributed by atoms with van der Waals surface area (Å²) in [7, 11) is 0. The maximum absolute atomic E-state index is 5.85. The Morgan fingerprint density at radius 1 is 1.43 bits per heavy atom. The van der Waals surface area contributed by atoms with E-state index in [0.717, 1.165) is 16.9 Å². The minimum atomic E-state index is -0.0781. The molecule has 0 heterocycles. The molecule has 0 spiro atoms. The van der Waals surface area contributed by atoms with Gasteiger partial charge in [0, 0.05) is 12.6 Å². The Bertz CT molecular complexity index is 299. The summed E-state index contributed by atoms with van der Waals surface area (Å²) in [4.78, 5) is 0. The molecule has 4 N–H and O–H groups in total. The van der Waals surface area contributed by atoms with Crippen molar-refractivity contribution in [2.45, 2.75) is 19.9 Å². The van der Waals surface area contributed by atoms with Crippen molar-refractivity contribution in [2.75, 3.05) is 13.2 Å². The molecule has 1 aromatic rings. The van der Waals surface area contributed by atoms with Crippen molar-refractivity contribution in [3.8, 4) is 5.75 Å². The highest BCUT2D eigenvalue weighted by Gasteiger charge is 2.07. The molecular weight excluding hydrogens is 176 g/mol. The molecule has 0 saturated heterocycles. The van der Waals surface area contributed by atoms with Crippen LogP contribution in [0.1, 0.15) is 24.1 Å². The summed E-state index contributed by atoms with van der Waals surface area (Å²) in [5.41, 5.74) is 13.6. The number of rotatable bonds is 4. The number of benzene rings is 1. The highest BCUT2D eigenvalue weighted by Crippen LogP contribution is 2.20. The second-order valence-electron chi connectivity index (χ2n) is 3.29. The van der Waals surface area contributed by atoms with Crippen LogP contribution in [0.2, 0.25) is 0 Å². The van der Waals surface area contributed by atoms with Crippen molar-refractivity contribution in [3.05, 3.63) is 29.3 Å². The second-order valence-corrected chi connectivity index (χ2v) is 3.29. The van der Waals surface area contributed by atoms with Gasteiger partial charge in [0.05, 0.1) is 6.61 Å². The summed E-state index contributed by atoms with van der Waals surface area (Å²) >= 11 is 0. The Morgan fingerprint density at radius 3 is 2.64 bits per heavy atom. The molecule has 1 unspecified atom stereocenters. The maximum Gasteiger partial charge on any atom is 0.119 e. The van der Waals surface area contributed by atoms with E-state index < -0.39 is 0 Å². The molecule has 0 aromatic heterocycles. The van der Waals surface area contributed by atoms with E-state index in [0.29, 0.717) is 13.2 Å². The smallest absolute Gasteiger partial charge is 0.119 e. The fraction of sp³-hybridized carbons (Fsp3) is 0.455. The van der Waals surface area contributed by atoms with Crippen molar-refractivity contribution >= 4 is 0 Å². The van der Waals surface area contributed by atoms with Gasteiger partial charge in [0.25, 0.3) is 0 Å². The van der Waals surface area contributed by atoms with E-state index in [-0.39, 0.29) is 6.04 Å². The maximum atomic E-state index is 5.85. The lowest BCUT2D eigenvalue weighted by Gasteiger charge is -2.13. The van der Waals surface area contributed by atoms with Crippen molar-refractivity contribution in [3.63, 3.8) is 0 Å². The molecule has 0 aliphatic rings. The number of ether oxygens (including phenoxy) is 1. The first-order valence-corrected chi connectivity index (χ1v) is 4.88. The quantitative estimate of drug-likeness (QED) is 0.760. The van der Waals surface area contributed by atoms with E-state index >= 15 is 0 Å². The van der Waals surface area contributed by atoms with Crippen LogP contribution in [0.15, 0.2) is 18.2 Å². The molecule has 1 rings (SSSR count). The van der Waals surface area contributed by atoms with Crippen molar-refractivity contribution in [2.24, 2.45) is 11.5 Å². The Labute approximate surface area is 85.0 Å². The molecule has 0 fully saturated rings. The third-order valence-electron chi connectivity index (χ3n) is 2.21. The Morgan fingerprint density at radius 2 is 2.14 bits per heavy atom. The Hall–Kier alpha value is -1.06. The summed E-state index contributed by atoms with van der Waals surface area (Å²) in [6.07, 6.45) is 0. The van der Waals surface area contributed by atoms with Gasteiger partial charge in [0.2, 0.25) is 0 Å². The van der Waals surface area contributed by atoms with E-state index in [1.54, 1.807) is 0 Å². The van der Waals surface area contributed by atoms with Gasteiger partial charge in [-0.3, -0.25) is 0 Å². The van der Waals surface area contributed by atoms with Gasteiger partial charge in [-0.05, 0) is 37.1 Å². The first kappa shape index (κ1) is 11.0. The molecule has 3 nitrogen and oxygen atoms in total. The number of hydrogen-bond acceptors (Lipinski definition) is 3. The second kappa shape index (κ2) is 4.98. The Kier molecular flexibility index (Phi) is 3.92. The minimum absolute atomic E-state index is 0.0781. The molecule has 1 atom stereocenters. The molecule has 78 valence electrons. The lowest BCUT2D eigenvalue weighted by atomic mass is 10.0. The standard InChI is InChI=1S/C11H18N2O/c1-3-14-9-4-5-10(8(2)6-9)11(13)7-12/h4-6,11H,3,7,12-13H2,1-2H3. The fourth-order valence-corrected chi connectivity index (χ4v) is 1.45. The minimum Gasteiger partial charge on any atom is -0.494 e. The summed E-state index contributed by atoms with van der Waals surface area (Å²) in [5.74, 6) is 0.887. The lowest BCUT2D eigenvalue weighted by molar-refractivity contribution is 0.340. The van der Waals surface area contributed by atoms with Crippen molar-refractivity contribution in [1.29, 1.82) is 0 Å². The molecule has 0 aliphatic carbocycles. The number of nitrogens with two attached hydrogens (primary N) is 2. The van der Waals surface area contributed by atoms with Crippen LogP contribution in [-0.2, 0) is 0 Å². The van der Waals surface area contributed by atoms with Crippen LogP contribution in [0, 0.1) is 6.92 Å². The van der Waals surface area contributed by atoms with Crippen LogP contribution in [0.25, 0.3) is 0 Å². The topological polar surface area (TPSA) is 61.3 Å². The SMILES string of the molecule is CCOc1ccc(C(N)CN)c(C)c1. The van der Waals surface area contributed by atoms with Gasteiger partial charge in [-0.1, -0.05) is 6.07 Å². The lowest BCUT2D eigenvalue weighted by Crippen LogP contribution is -2.21. The zero-order valence-electron chi connectivity index (χ0n) is 8.79. The largest absolute Gasteiger partial charge is 0.494 e. The van der Waals surface area contributed by atoms with Crippen LogP contribution in [-0.4, -0.2) is 13.2 Å². The van der Waals surface area contributed by atoms with Gasteiger partial charge in [-0.2, -0.15) is 0 Å². The molecule has 14 heavy (non-hydrogen) atoms. The highest BCUT2D eigenvalue weighted by atomic mass is 16.5. The third-order valence-corrected chi connectivity index (χ3v) is 2.21. The van der Waals surface area contributed by atoms with E-state index in [4.69, 9.17) is 16.2 Å². The summed E-state index contributed by atoms with van der Waals surface area (Å²) in [6, 6.07) is 5.83. The van der Waals surface area contributed by atoms with Gasteiger partial charge < -0.3 is 16.2 Å². The van der Waals surface area contributed by atoms with Crippen LogP contribution in [0.5, 0.6) is 5.75 Å². The van der Waals surface area contributed by atoms with Gasteiger partial charge in [0.1, 0.15) is 5.75 Å². The van der Waals surface area contributed by atoms with Crippen LogP contribution in [0.3, 0.4) is 0 Å². The van der Waals surface area contributed by atoms with E-state index in [1.807, 2.05) is 32.0 Å². The normalized spacial score (nSPS) is 12.6. The predicted octanol–water partition coefficient (Wildman–Crippen LogP) is 1.35. The summed E-state index contributed by atoms with van der Waals surface area (Å²) in [6.45, 7) is 5.14. The molecule has 0 aliphatic heterocycles. The first-order chi connectivity index (χ1) is 6.69. The highest BCUT2D eigenvalue weighted by molar-refractivity contribution is 5.36. The molecule has 0 radical (unpaired) electrons. The summed E-state index contributed by atoms with van der Waals surface area (Å²) < 4.78 is 5.38. The van der Waals surface area contributed by atoms with Gasteiger partial charge in [0.15, 0.2) is 0 Å². The average Bonchev–Trinajstić information content (AvgIpc) is 2.17. The first-order valence-electron chi connectivity index (χ1n) is 4.88. The number of aryl methyl sites for hydroxylation is 1. The molecule has 3 heteroatoms. The van der Waals surface area contributed by atoms with Crippen LogP contribution >= 0.6 is 0 Å². The number of hydrogen-bond donors (Lipinski definition) is 2. The monoisotopic (exact) mass is 194 g/mol. The molecular formula is C11H18N2O. The molecule has 1 aromatic carbocycles. The Balaban J connectivity index is 2.89. The van der Waals surface area contributed by atoms with E-state index in [2.05, 4.69) is 0 Å². The van der Waals surface area contributed by atoms with Gasteiger partial charge in [-0.15, -0.1) is 0 Å². The molecule has 0 amide bonds. The van der Waals surface area contributed by atoms with Crippen LogP contribution in [0.4, 0.5) is 0 Å². The third kappa shape index (κ3) is 2.47. The van der Waals surface area contributed by atoms with Gasteiger partial charge >= 0.3 is 0 Å². The molecule has 0 bridgehead atoms. The predicted molar refractivity (Wildman–Crippen MR) is 58.3 cm³/mol. The fourth-order valence-electron chi connectivity index (χ4n) is 1.45. The van der Waals surface area contributed by atoms with Crippen molar-refractivity contribution < 1.29 is 4.74 Å². The zero-order chi connectivity index (χ0) is 10.6. The zero-order valence-corrected chi connectivity index (χ0v) is 8.79. The summed E-state index contributed by atoms with van der Waals surface area (Å²) in [5, 5.41) is 0. The molecule has 0 saturated carbocycles. The van der Waals surface area contributed by atoms with Gasteiger partial charge in [-0.25, -0.2) is 0 Å².